The van der Waals surface area contributed by atoms with E-state index in [4.69, 9.17) is 9.84 Å². The molecule has 2 N–H and O–H groups in total. The van der Waals surface area contributed by atoms with E-state index in [0.29, 0.717) is 13.1 Å². The Bertz CT molecular complexity index is 514. The van der Waals surface area contributed by atoms with Crippen molar-refractivity contribution in [2.24, 2.45) is 0 Å². The Morgan fingerprint density at radius 3 is 3.29 bits per heavy atom. The molecule has 1 saturated heterocycles. The number of ether oxygens (including phenoxy) is 1. The summed E-state index contributed by atoms with van der Waals surface area (Å²) in [5.41, 5.74) is 1.48. The molecule has 3 rings (SSSR count). The van der Waals surface area contributed by atoms with Gasteiger partial charge in [0.2, 0.25) is 0 Å². The van der Waals surface area contributed by atoms with Gasteiger partial charge in [-0.15, -0.1) is 0 Å². The van der Waals surface area contributed by atoms with Crippen LogP contribution in [0.4, 0.5) is 0 Å². The second-order valence-corrected chi connectivity index (χ2v) is 3.94. The first-order chi connectivity index (χ1) is 8.38. The van der Waals surface area contributed by atoms with Crippen molar-refractivity contribution in [3.63, 3.8) is 0 Å². The SMILES string of the molecule is OC[C@@H]1CNC[C@H](n2cnc3cncnc32)O1. The average Bonchev–Trinajstić information content (AvgIpc) is 2.82. The van der Waals surface area contributed by atoms with Crippen LogP contribution in [0.25, 0.3) is 11.2 Å². The number of rotatable bonds is 2. The Hall–Kier alpha value is -1.57. The highest BCUT2D eigenvalue weighted by Crippen LogP contribution is 2.19. The molecule has 7 nitrogen and oxygen atoms in total. The Kier molecular flexibility index (Phi) is 2.71. The molecule has 1 aliphatic heterocycles. The fraction of sp³-hybridized carbons (Fsp3) is 0.500. The minimum atomic E-state index is -0.194. The van der Waals surface area contributed by atoms with Gasteiger partial charge in [-0.2, -0.15) is 0 Å². The number of hydrogen-bond acceptors (Lipinski definition) is 6. The Morgan fingerprint density at radius 2 is 2.41 bits per heavy atom. The number of aromatic nitrogens is 4. The van der Waals surface area contributed by atoms with E-state index < -0.39 is 0 Å². The van der Waals surface area contributed by atoms with Crippen molar-refractivity contribution in [3.05, 3.63) is 18.9 Å². The minimum Gasteiger partial charge on any atom is -0.394 e. The highest BCUT2D eigenvalue weighted by molar-refractivity contribution is 5.68. The van der Waals surface area contributed by atoms with Crippen molar-refractivity contribution >= 4 is 11.2 Å². The number of hydrogen-bond donors (Lipinski definition) is 2. The first-order valence-corrected chi connectivity index (χ1v) is 5.48. The Morgan fingerprint density at radius 1 is 1.47 bits per heavy atom. The van der Waals surface area contributed by atoms with Crippen molar-refractivity contribution in [2.75, 3.05) is 19.7 Å². The maximum atomic E-state index is 9.10. The fourth-order valence-electron chi connectivity index (χ4n) is 1.95. The lowest BCUT2D eigenvalue weighted by atomic mass is 10.3. The molecule has 0 bridgehead atoms. The summed E-state index contributed by atoms with van der Waals surface area (Å²) in [6.45, 7) is 1.34. The van der Waals surface area contributed by atoms with Crippen LogP contribution in [0.15, 0.2) is 18.9 Å². The van der Waals surface area contributed by atoms with Crippen LogP contribution in [-0.4, -0.2) is 50.4 Å². The molecule has 2 aromatic heterocycles. The summed E-state index contributed by atoms with van der Waals surface area (Å²) in [4.78, 5) is 12.3. The lowest BCUT2D eigenvalue weighted by Crippen LogP contribution is -2.44. The molecule has 90 valence electrons. The summed E-state index contributed by atoms with van der Waals surface area (Å²) in [5, 5.41) is 12.3. The molecule has 2 aromatic rings. The fourth-order valence-corrected chi connectivity index (χ4v) is 1.95. The molecular formula is C10H13N5O2. The van der Waals surface area contributed by atoms with E-state index in [2.05, 4.69) is 20.3 Å². The number of aliphatic hydroxyl groups is 1. The van der Waals surface area contributed by atoms with E-state index in [-0.39, 0.29) is 18.9 Å². The zero-order valence-corrected chi connectivity index (χ0v) is 9.15. The van der Waals surface area contributed by atoms with Crippen molar-refractivity contribution in [1.29, 1.82) is 0 Å². The Labute approximate surface area is 97.5 Å². The van der Waals surface area contributed by atoms with E-state index in [1.165, 1.54) is 6.33 Å². The van der Waals surface area contributed by atoms with Gasteiger partial charge in [-0.1, -0.05) is 0 Å². The van der Waals surface area contributed by atoms with E-state index in [1.54, 1.807) is 12.5 Å². The van der Waals surface area contributed by atoms with Crippen LogP contribution in [0.2, 0.25) is 0 Å². The molecule has 0 unspecified atom stereocenters. The van der Waals surface area contributed by atoms with E-state index in [0.717, 1.165) is 11.2 Å². The molecular weight excluding hydrogens is 222 g/mol. The van der Waals surface area contributed by atoms with Gasteiger partial charge in [0.15, 0.2) is 5.65 Å². The van der Waals surface area contributed by atoms with Crippen molar-refractivity contribution in [1.82, 2.24) is 24.8 Å². The lowest BCUT2D eigenvalue weighted by molar-refractivity contribution is -0.0933. The second-order valence-electron chi connectivity index (χ2n) is 3.94. The third kappa shape index (κ3) is 1.88. The molecule has 0 saturated carbocycles. The molecule has 3 heterocycles. The Balaban J connectivity index is 1.92. The normalized spacial score (nSPS) is 25.2. The van der Waals surface area contributed by atoms with Gasteiger partial charge in [0, 0.05) is 13.1 Å². The number of nitrogens with one attached hydrogen (secondary N) is 1. The quantitative estimate of drug-likeness (QED) is 0.716. The van der Waals surface area contributed by atoms with Gasteiger partial charge in [-0.3, -0.25) is 4.57 Å². The van der Waals surface area contributed by atoms with E-state index in [1.807, 2.05) is 4.57 Å². The van der Waals surface area contributed by atoms with Gasteiger partial charge in [0.25, 0.3) is 0 Å². The molecule has 17 heavy (non-hydrogen) atoms. The molecule has 0 amide bonds. The van der Waals surface area contributed by atoms with E-state index >= 15 is 0 Å². The summed E-state index contributed by atoms with van der Waals surface area (Å²) in [5.74, 6) is 0. The minimum absolute atomic E-state index is 0.00507. The third-order valence-electron chi connectivity index (χ3n) is 2.79. The van der Waals surface area contributed by atoms with Gasteiger partial charge in [-0.05, 0) is 0 Å². The number of morpholine rings is 1. The second kappa shape index (κ2) is 4.36. The smallest absolute Gasteiger partial charge is 0.165 e. The predicted molar refractivity (Wildman–Crippen MR) is 59.2 cm³/mol. The van der Waals surface area contributed by atoms with Gasteiger partial charge in [0.1, 0.15) is 18.1 Å². The summed E-state index contributed by atoms with van der Waals surface area (Å²) >= 11 is 0. The van der Waals surface area contributed by atoms with Crippen LogP contribution in [0.3, 0.4) is 0 Å². The van der Waals surface area contributed by atoms with Crippen LogP contribution < -0.4 is 5.32 Å². The summed E-state index contributed by atoms with van der Waals surface area (Å²) in [6, 6.07) is 0. The molecule has 7 heteroatoms. The van der Waals surface area contributed by atoms with Crippen LogP contribution >= 0.6 is 0 Å². The van der Waals surface area contributed by atoms with E-state index in [9.17, 15) is 0 Å². The molecule has 1 aliphatic rings. The van der Waals surface area contributed by atoms with Gasteiger partial charge in [0.05, 0.1) is 25.2 Å². The molecule has 0 radical (unpaired) electrons. The number of nitrogens with zero attached hydrogens (tertiary/aromatic N) is 4. The highest BCUT2D eigenvalue weighted by Gasteiger charge is 2.24. The first-order valence-electron chi connectivity index (χ1n) is 5.48. The number of fused-ring (bicyclic) bond motifs is 1. The monoisotopic (exact) mass is 235 g/mol. The van der Waals surface area contributed by atoms with Crippen LogP contribution in [-0.2, 0) is 4.74 Å². The van der Waals surface area contributed by atoms with Gasteiger partial charge >= 0.3 is 0 Å². The van der Waals surface area contributed by atoms with Crippen molar-refractivity contribution < 1.29 is 9.84 Å². The standard InChI is InChI=1S/C10H13N5O2/c16-4-7-1-11-3-9(17-7)15-6-14-8-2-12-5-13-10(8)15/h2,5-7,9,11,16H,1,3-4H2/t7-,9+/m0/s1. The van der Waals surface area contributed by atoms with Crippen molar-refractivity contribution in [3.8, 4) is 0 Å². The molecule has 0 aliphatic carbocycles. The zero-order valence-electron chi connectivity index (χ0n) is 9.15. The first kappa shape index (κ1) is 10.6. The largest absolute Gasteiger partial charge is 0.394 e. The highest BCUT2D eigenvalue weighted by atomic mass is 16.5. The third-order valence-corrected chi connectivity index (χ3v) is 2.79. The molecule has 2 atom stereocenters. The molecule has 0 aromatic carbocycles. The topological polar surface area (TPSA) is 85.1 Å². The number of aliphatic hydroxyl groups excluding tert-OH is 1. The zero-order chi connectivity index (χ0) is 11.7. The van der Waals surface area contributed by atoms with Crippen LogP contribution in [0.1, 0.15) is 6.23 Å². The molecule has 1 fully saturated rings. The van der Waals surface area contributed by atoms with Crippen LogP contribution in [0.5, 0.6) is 0 Å². The number of imidazole rings is 1. The maximum Gasteiger partial charge on any atom is 0.165 e. The summed E-state index contributed by atoms with van der Waals surface area (Å²) in [7, 11) is 0. The van der Waals surface area contributed by atoms with Crippen LogP contribution in [0, 0.1) is 0 Å². The predicted octanol–water partition coefficient (Wildman–Crippen LogP) is -0.694. The van der Waals surface area contributed by atoms with Gasteiger partial charge < -0.3 is 15.2 Å². The molecule has 0 spiro atoms. The van der Waals surface area contributed by atoms with Gasteiger partial charge in [-0.25, -0.2) is 15.0 Å². The van der Waals surface area contributed by atoms with Crippen molar-refractivity contribution in [2.45, 2.75) is 12.3 Å². The summed E-state index contributed by atoms with van der Waals surface area (Å²) < 4.78 is 7.59. The summed E-state index contributed by atoms with van der Waals surface area (Å²) in [6.07, 6.45) is 4.46. The average molecular weight is 235 g/mol. The lowest BCUT2D eigenvalue weighted by Gasteiger charge is -2.30. The maximum absolute atomic E-state index is 9.10.